The van der Waals surface area contributed by atoms with E-state index in [9.17, 15) is 0 Å². The molecule has 0 aromatic heterocycles. The second kappa shape index (κ2) is 6.83. The fourth-order valence-corrected chi connectivity index (χ4v) is 3.89. The standard InChI is InChI=1S/C19H30N2/c1-3-15(2)18-14-21(13-7-12-20-18)19-11-6-9-16-8-4-5-10-17(16)19/h6,9,11,15,18,20H,3-5,7-8,10,12-14H2,1-2H3. The van der Waals surface area contributed by atoms with E-state index in [4.69, 9.17) is 0 Å². The van der Waals surface area contributed by atoms with E-state index in [-0.39, 0.29) is 0 Å². The SMILES string of the molecule is CCC(C)C1CN(c2cccc3c2CCCC3)CCCN1. The highest BCUT2D eigenvalue weighted by Gasteiger charge is 2.24. The molecule has 116 valence electrons. The molecule has 0 bridgehead atoms. The number of rotatable bonds is 3. The first-order chi connectivity index (χ1) is 10.3. The van der Waals surface area contributed by atoms with Crippen LogP contribution in [0.3, 0.4) is 0 Å². The van der Waals surface area contributed by atoms with Gasteiger partial charge in [-0.15, -0.1) is 0 Å². The van der Waals surface area contributed by atoms with Crippen molar-refractivity contribution < 1.29 is 0 Å². The van der Waals surface area contributed by atoms with E-state index < -0.39 is 0 Å². The van der Waals surface area contributed by atoms with Crippen molar-refractivity contribution in [2.75, 3.05) is 24.5 Å². The number of anilines is 1. The molecule has 1 heterocycles. The van der Waals surface area contributed by atoms with Crippen LogP contribution in [0, 0.1) is 5.92 Å². The van der Waals surface area contributed by atoms with Crippen LogP contribution in [-0.2, 0) is 12.8 Å². The van der Waals surface area contributed by atoms with Gasteiger partial charge in [0.1, 0.15) is 0 Å². The smallest absolute Gasteiger partial charge is 0.0402 e. The van der Waals surface area contributed by atoms with Crippen LogP contribution >= 0.6 is 0 Å². The molecule has 3 rings (SSSR count). The van der Waals surface area contributed by atoms with Gasteiger partial charge in [-0.1, -0.05) is 32.4 Å². The lowest BCUT2D eigenvalue weighted by Crippen LogP contribution is -2.42. The zero-order chi connectivity index (χ0) is 14.7. The maximum Gasteiger partial charge on any atom is 0.0402 e. The van der Waals surface area contributed by atoms with Crippen molar-refractivity contribution in [3.63, 3.8) is 0 Å². The Kier molecular flexibility index (Phi) is 4.84. The van der Waals surface area contributed by atoms with Gasteiger partial charge in [-0.2, -0.15) is 0 Å². The molecule has 1 aromatic carbocycles. The maximum absolute atomic E-state index is 3.77. The quantitative estimate of drug-likeness (QED) is 0.909. The summed E-state index contributed by atoms with van der Waals surface area (Å²) in [5.74, 6) is 0.755. The number of benzene rings is 1. The van der Waals surface area contributed by atoms with Crippen LogP contribution < -0.4 is 10.2 Å². The van der Waals surface area contributed by atoms with Gasteiger partial charge in [-0.3, -0.25) is 0 Å². The summed E-state index contributed by atoms with van der Waals surface area (Å²) in [5, 5.41) is 3.77. The first kappa shape index (κ1) is 14.9. The van der Waals surface area contributed by atoms with E-state index >= 15 is 0 Å². The van der Waals surface area contributed by atoms with Gasteiger partial charge in [0.2, 0.25) is 0 Å². The molecule has 1 aliphatic carbocycles. The maximum atomic E-state index is 3.77. The topological polar surface area (TPSA) is 15.3 Å². The van der Waals surface area contributed by atoms with Crippen LogP contribution in [0.4, 0.5) is 5.69 Å². The van der Waals surface area contributed by atoms with Gasteiger partial charge < -0.3 is 10.2 Å². The number of hydrogen-bond acceptors (Lipinski definition) is 2. The minimum atomic E-state index is 0.636. The Labute approximate surface area is 129 Å². The van der Waals surface area contributed by atoms with Crippen molar-refractivity contribution in [1.82, 2.24) is 5.32 Å². The molecule has 0 saturated carbocycles. The molecule has 2 aliphatic rings. The summed E-state index contributed by atoms with van der Waals surface area (Å²) in [6.07, 6.45) is 7.82. The predicted octanol–water partition coefficient (Wildman–Crippen LogP) is 3.78. The van der Waals surface area contributed by atoms with Gasteiger partial charge in [-0.25, -0.2) is 0 Å². The third kappa shape index (κ3) is 3.26. The summed E-state index contributed by atoms with van der Waals surface area (Å²) in [6.45, 7) is 8.25. The molecule has 1 aromatic rings. The molecular formula is C19H30N2. The van der Waals surface area contributed by atoms with Crippen LogP contribution in [-0.4, -0.2) is 25.7 Å². The fourth-order valence-electron chi connectivity index (χ4n) is 3.89. The summed E-state index contributed by atoms with van der Waals surface area (Å²) in [7, 11) is 0. The Hall–Kier alpha value is -1.02. The summed E-state index contributed by atoms with van der Waals surface area (Å²) < 4.78 is 0. The van der Waals surface area contributed by atoms with Crippen molar-refractivity contribution >= 4 is 5.69 Å². The van der Waals surface area contributed by atoms with Gasteiger partial charge in [0.15, 0.2) is 0 Å². The highest BCUT2D eigenvalue weighted by molar-refractivity contribution is 5.58. The lowest BCUT2D eigenvalue weighted by molar-refractivity contribution is 0.384. The normalized spacial score (nSPS) is 24.3. The molecule has 2 nitrogen and oxygen atoms in total. The van der Waals surface area contributed by atoms with Gasteiger partial charge in [0.05, 0.1) is 0 Å². The summed E-state index contributed by atoms with van der Waals surface area (Å²) in [6, 6.07) is 7.62. The monoisotopic (exact) mass is 286 g/mol. The van der Waals surface area contributed by atoms with Crippen LogP contribution in [0.15, 0.2) is 18.2 Å². The molecule has 1 aliphatic heterocycles. The Morgan fingerprint density at radius 3 is 2.95 bits per heavy atom. The molecular weight excluding hydrogens is 256 g/mol. The van der Waals surface area contributed by atoms with Crippen LogP contribution in [0.1, 0.15) is 50.7 Å². The molecule has 1 N–H and O–H groups in total. The lowest BCUT2D eigenvalue weighted by Gasteiger charge is -2.32. The van der Waals surface area contributed by atoms with E-state index in [1.54, 1.807) is 11.1 Å². The van der Waals surface area contributed by atoms with E-state index in [0.29, 0.717) is 6.04 Å². The Morgan fingerprint density at radius 2 is 2.10 bits per heavy atom. The van der Waals surface area contributed by atoms with E-state index in [0.717, 1.165) is 5.92 Å². The Balaban J connectivity index is 1.84. The van der Waals surface area contributed by atoms with Gasteiger partial charge in [-0.05, 0) is 61.8 Å². The number of nitrogens with zero attached hydrogens (tertiary/aromatic N) is 1. The van der Waals surface area contributed by atoms with Gasteiger partial charge in [0, 0.05) is 24.8 Å². The van der Waals surface area contributed by atoms with Crippen molar-refractivity contribution in [3.8, 4) is 0 Å². The number of fused-ring (bicyclic) bond motifs is 1. The molecule has 2 unspecified atom stereocenters. The second-order valence-corrected chi connectivity index (χ2v) is 6.87. The van der Waals surface area contributed by atoms with E-state index in [1.165, 1.54) is 63.8 Å². The zero-order valence-corrected chi connectivity index (χ0v) is 13.7. The molecule has 21 heavy (non-hydrogen) atoms. The lowest BCUT2D eigenvalue weighted by atomic mass is 9.89. The molecule has 0 radical (unpaired) electrons. The van der Waals surface area contributed by atoms with Crippen molar-refractivity contribution in [1.29, 1.82) is 0 Å². The minimum absolute atomic E-state index is 0.636. The van der Waals surface area contributed by atoms with Crippen molar-refractivity contribution in [2.45, 2.75) is 58.4 Å². The minimum Gasteiger partial charge on any atom is -0.370 e. The molecule has 2 atom stereocenters. The average molecular weight is 286 g/mol. The van der Waals surface area contributed by atoms with Crippen LogP contribution in [0.2, 0.25) is 0 Å². The summed E-state index contributed by atoms with van der Waals surface area (Å²) >= 11 is 0. The largest absolute Gasteiger partial charge is 0.370 e. The fraction of sp³-hybridized carbons (Fsp3) is 0.684. The average Bonchev–Trinajstić information content (AvgIpc) is 2.79. The van der Waals surface area contributed by atoms with Crippen molar-refractivity contribution in [2.24, 2.45) is 5.92 Å². The highest BCUT2D eigenvalue weighted by Crippen LogP contribution is 2.31. The summed E-state index contributed by atoms with van der Waals surface area (Å²) in [5.41, 5.74) is 4.79. The number of hydrogen-bond donors (Lipinski definition) is 1. The number of aryl methyl sites for hydroxylation is 1. The highest BCUT2D eigenvalue weighted by atomic mass is 15.2. The zero-order valence-electron chi connectivity index (χ0n) is 13.7. The summed E-state index contributed by atoms with van der Waals surface area (Å²) in [4.78, 5) is 2.67. The molecule has 2 heteroatoms. The third-order valence-electron chi connectivity index (χ3n) is 5.47. The first-order valence-corrected chi connectivity index (χ1v) is 8.88. The number of nitrogens with one attached hydrogen (secondary N) is 1. The first-order valence-electron chi connectivity index (χ1n) is 8.88. The molecule has 0 spiro atoms. The molecule has 0 amide bonds. The third-order valence-corrected chi connectivity index (χ3v) is 5.47. The van der Waals surface area contributed by atoms with Crippen molar-refractivity contribution in [3.05, 3.63) is 29.3 Å². The second-order valence-electron chi connectivity index (χ2n) is 6.87. The Morgan fingerprint density at radius 1 is 1.24 bits per heavy atom. The van der Waals surface area contributed by atoms with Gasteiger partial charge in [0.25, 0.3) is 0 Å². The van der Waals surface area contributed by atoms with Gasteiger partial charge >= 0.3 is 0 Å². The molecule has 1 fully saturated rings. The molecule has 1 saturated heterocycles. The van der Waals surface area contributed by atoms with Crippen LogP contribution in [0.5, 0.6) is 0 Å². The Bertz CT molecular complexity index is 469. The predicted molar refractivity (Wildman–Crippen MR) is 91.2 cm³/mol. The van der Waals surface area contributed by atoms with E-state index in [1.807, 2.05) is 0 Å². The van der Waals surface area contributed by atoms with E-state index in [2.05, 4.69) is 42.3 Å². The van der Waals surface area contributed by atoms with Crippen LogP contribution in [0.25, 0.3) is 0 Å².